The Morgan fingerprint density at radius 1 is 1.38 bits per heavy atom. The Morgan fingerprint density at radius 3 is 2.43 bits per heavy atom. The molecule has 0 fully saturated rings. The zero-order valence-electron chi connectivity index (χ0n) is 10.4. The number of hydrogen-bond acceptors (Lipinski definition) is 4. The second-order valence-electron chi connectivity index (χ2n) is 3.77. The second kappa shape index (κ2) is 5.85. The first-order valence-electron chi connectivity index (χ1n) is 5.17. The fourth-order valence-corrected chi connectivity index (χ4v) is 2.65. The Hall–Kier alpha value is -1.88. The highest BCUT2D eigenvalue weighted by Crippen LogP contribution is 2.32. The highest BCUT2D eigenvalue weighted by atomic mass is 32.2. The fourth-order valence-electron chi connectivity index (χ4n) is 1.38. The van der Waals surface area contributed by atoms with Gasteiger partial charge in [-0.05, 0) is 12.1 Å². The van der Waals surface area contributed by atoms with Crippen LogP contribution in [0.1, 0.15) is 0 Å². The van der Waals surface area contributed by atoms with Gasteiger partial charge in [0.2, 0.25) is 10.0 Å². The summed E-state index contributed by atoms with van der Waals surface area (Å²) in [5.41, 5.74) is 0. The summed E-state index contributed by atoms with van der Waals surface area (Å²) in [6.45, 7) is -1.05. The largest absolute Gasteiger partial charge is 0.573 e. The average molecular weight is 331 g/mol. The van der Waals surface area contributed by atoms with E-state index in [1.807, 2.05) is 0 Å². The van der Waals surface area contributed by atoms with E-state index in [1.165, 1.54) is 0 Å². The molecule has 0 spiro atoms. The molecule has 118 valence electrons. The van der Waals surface area contributed by atoms with Crippen molar-refractivity contribution in [1.82, 2.24) is 4.31 Å². The maximum atomic E-state index is 13.6. The molecule has 0 atom stereocenters. The summed E-state index contributed by atoms with van der Waals surface area (Å²) in [7, 11) is -4.03. The summed E-state index contributed by atoms with van der Waals surface area (Å²) in [4.78, 5) is 9.09. The van der Waals surface area contributed by atoms with E-state index in [4.69, 9.17) is 5.11 Å². The van der Waals surface area contributed by atoms with Gasteiger partial charge in [0, 0.05) is 7.05 Å². The monoisotopic (exact) mass is 331 g/mol. The van der Waals surface area contributed by atoms with Crippen molar-refractivity contribution >= 4 is 16.0 Å². The highest BCUT2D eigenvalue weighted by Gasteiger charge is 2.37. The van der Waals surface area contributed by atoms with E-state index in [9.17, 15) is 30.8 Å². The number of halogens is 4. The van der Waals surface area contributed by atoms with Crippen LogP contribution in [-0.2, 0) is 14.8 Å². The van der Waals surface area contributed by atoms with E-state index >= 15 is 0 Å². The molecule has 0 aromatic heterocycles. The number of carbonyl (C=O) groups is 1. The third-order valence-electron chi connectivity index (χ3n) is 2.18. The zero-order valence-corrected chi connectivity index (χ0v) is 11.2. The summed E-state index contributed by atoms with van der Waals surface area (Å²) in [6.07, 6.45) is -5.23. The van der Waals surface area contributed by atoms with Gasteiger partial charge in [-0.15, -0.1) is 13.2 Å². The van der Waals surface area contributed by atoms with E-state index in [-0.39, 0.29) is 4.31 Å². The van der Waals surface area contributed by atoms with Crippen molar-refractivity contribution in [3.05, 3.63) is 24.0 Å². The summed E-state index contributed by atoms with van der Waals surface area (Å²) >= 11 is 0. The lowest BCUT2D eigenvalue weighted by Gasteiger charge is -2.18. The number of sulfonamides is 1. The van der Waals surface area contributed by atoms with Crippen LogP contribution < -0.4 is 4.74 Å². The zero-order chi connectivity index (χ0) is 16.4. The molecule has 0 heterocycles. The van der Waals surface area contributed by atoms with Crippen molar-refractivity contribution in [3.8, 4) is 5.75 Å². The molecule has 1 aromatic rings. The van der Waals surface area contributed by atoms with Gasteiger partial charge in [-0.2, -0.15) is 4.31 Å². The van der Waals surface area contributed by atoms with Gasteiger partial charge >= 0.3 is 12.3 Å². The number of carboxylic acid groups (broad SMARTS) is 1. The van der Waals surface area contributed by atoms with Gasteiger partial charge in [0.05, 0.1) is 0 Å². The number of aliphatic carboxylic acids is 1. The normalized spacial score (nSPS) is 12.5. The van der Waals surface area contributed by atoms with Crippen molar-refractivity contribution in [3.63, 3.8) is 0 Å². The maximum absolute atomic E-state index is 13.6. The fraction of sp³-hybridized carbons (Fsp3) is 0.300. The molecule has 0 aliphatic heterocycles. The molecule has 1 rings (SSSR count). The van der Waals surface area contributed by atoms with Crippen molar-refractivity contribution in [2.24, 2.45) is 0 Å². The molecule has 21 heavy (non-hydrogen) atoms. The van der Waals surface area contributed by atoms with E-state index in [0.29, 0.717) is 12.1 Å². The molecular formula is C10H9F4NO5S. The number of carboxylic acids is 1. The molecule has 11 heteroatoms. The van der Waals surface area contributed by atoms with Gasteiger partial charge in [-0.1, -0.05) is 6.07 Å². The molecule has 0 saturated heterocycles. The molecule has 1 N–H and O–H groups in total. The molecule has 6 nitrogen and oxygen atoms in total. The van der Waals surface area contributed by atoms with Gasteiger partial charge in [0.25, 0.3) is 0 Å². The number of benzene rings is 1. The van der Waals surface area contributed by atoms with Crippen molar-refractivity contribution in [2.75, 3.05) is 13.6 Å². The van der Waals surface area contributed by atoms with Crippen LogP contribution in [0.2, 0.25) is 0 Å². The molecule has 0 unspecified atom stereocenters. The SMILES string of the molecule is CN(CC(=O)O)S(=O)(=O)c1c(F)cccc1OC(F)(F)F. The number of likely N-dealkylation sites (N-methyl/N-ethyl adjacent to an activating group) is 1. The third-order valence-corrected chi connectivity index (χ3v) is 4.04. The molecule has 0 aliphatic carbocycles. The predicted octanol–water partition coefficient (Wildman–Crippen LogP) is 1.43. The van der Waals surface area contributed by atoms with Gasteiger partial charge < -0.3 is 9.84 Å². The van der Waals surface area contributed by atoms with E-state index in [1.54, 1.807) is 0 Å². The smallest absolute Gasteiger partial charge is 0.480 e. The van der Waals surface area contributed by atoms with Crippen molar-refractivity contribution < 1.29 is 40.6 Å². The predicted molar refractivity (Wildman–Crippen MR) is 60.5 cm³/mol. The highest BCUT2D eigenvalue weighted by molar-refractivity contribution is 7.89. The van der Waals surface area contributed by atoms with E-state index < -0.39 is 45.4 Å². The second-order valence-corrected chi connectivity index (χ2v) is 5.75. The van der Waals surface area contributed by atoms with E-state index in [0.717, 1.165) is 13.1 Å². The standard InChI is InChI=1S/C10H9F4NO5S/c1-15(5-8(16)17)21(18,19)9-6(11)3-2-4-7(9)20-10(12,13)14/h2-4H,5H2,1H3,(H,16,17). The number of nitrogens with zero attached hydrogens (tertiary/aromatic N) is 1. The average Bonchev–Trinajstić information content (AvgIpc) is 2.25. The number of ether oxygens (including phenoxy) is 1. The number of alkyl halides is 3. The van der Waals surface area contributed by atoms with Crippen molar-refractivity contribution in [2.45, 2.75) is 11.3 Å². The molecule has 0 aliphatic rings. The van der Waals surface area contributed by atoms with Gasteiger partial charge in [0.1, 0.15) is 12.4 Å². The molecule has 1 aromatic carbocycles. The minimum atomic E-state index is -5.23. The first kappa shape index (κ1) is 17.2. The van der Waals surface area contributed by atoms with Crippen LogP contribution in [0.15, 0.2) is 23.1 Å². The number of hydrogen-bond donors (Lipinski definition) is 1. The Kier molecular flexibility index (Phi) is 4.79. The van der Waals surface area contributed by atoms with Crippen LogP contribution in [0.3, 0.4) is 0 Å². The minimum Gasteiger partial charge on any atom is -0.480 e. The lowest BCUT2D eigenvalue weighted by molar-refractivity contribution is -0.275. The first-order chi connectivity index (χ1) is 9.45. The Labute approximate surface area is 116 Å². The molecule has 0 bridgehead atoms. The van der Waals surface area contributed by atoms with Crippen LogP contribution in [0, 0.1) is 5.82 Å². The van der Waals surface area contributed by atoms with E-state index in [2.05, 4.69) is 4.74 Å². The Balaban J connectivity index is 3.37. The quantitative estimate of drug-likeness (QED) is 0.825. The lowest BCUT2D eigenvalue weighted by Crippen LogP contribution is -2.33. The van der Waals surface area contributed by atoms with Crippen molar-refractivity contribution in [1.29, 1.82) is 0 Å². The summed E-state index contributed by atoms with van der Waals surface area (Å²) in [5, 5.41) is 8.51. The maximum Gasteiger partial charge on any atom is 0.573 e. The third kappa shape index (κ3) is 4.29. The summed E-state index contributed by atoms with van der Waals surface area (Å²) in [5.74, 6) is -4.33. The molecular weight excluding hydrogens is 322 g/mol. The van der Waals surface area contributed by atoms with Crippen LogP contribution in [0.25, 0.3) is 0 Å². The minimum absolute atomic E-state index is 0.191. The van der Waals surface area contributed by atoms with Gasteiger partial charge in [0.15, 0.2) is 10.6 Å². The number of rotatable bonds is 5. The molecule has 0 radical (unpaired) electrons. The Bertz CT molecular complexity index is 643. The molecule has 0 amide bonds. The summed E-state index contributed by atoms with van der Waals surface area (Å²) in [6, 6.07) is 2.05. The lowest BCUT2D eigenvalue weighted by atomic mass is 10.3. The van der Waals surface area contributed by atoms with Crippen LogP contribution in [0.5, 0.6) is 5.75 Å². The summed E-state index contributed by atoms with van der Waals surface area (Å²) < 4.78 is 77.8. The van der Waals surface area contributed by atoms with Crippen LogP contribution in [0.4, 0.5) is 17.6 Å². The topological polar surface area (TPSA) is 83.9 Å². The Morgan fingerprint density at radius 2 is 1.95 bits per heavy atom. The molecule has 0 saturated carbocycles. The van der Waals surface area contributed by atoms with Gasteiger partial charge in [-0.25, -0.2) is 12.8 Å². The van der Waals surface area contributed by atoms with Crippen LogP contribution >= 0.6 is 0 Å². The first-order valence-corrected chi connectivity index (χ1v) is 6.61. The van der Waals surface area contributed by atoms with Crippen LogP contribution in [-0.4, -0.2) is 43.8 Å². The van der Waals surface area contributed by atoms with Gasteiger partial charge in [-0.3, -0.25) is 4.79 Å².